The van der Waals surface area contributed by atoms with E-state index < -0.39 is 0 Å². The Morgan fingerprint density at radius 2 is 1.91 bits per heavy atom. The smallest absolute Gasteiger partial charge is 0.322 e. The molecule has 1 saturated heterocycles. The Hall–Kier alpha value is -3.94. The minimum absolute atomic E-state index is 0.00487. The third-order valence-electron chi connectivity index (χ3n) is 6.93. The van der Waals surface area contributed by atoms with E-state index in [1.54, 1.807) is 12.5 Å². The maximum absolute atomic E-state index is 12.7. The van der Waals surface area contributed by atoms with Crippen molar-refractivity contribution in [2.45, 2.75) is 50.7 Å². The number of hydrogen-bond donors (Lipinski definition) is 2. The van der Waals surface area contributed by atoms with E-state index in [0.29, 0.717) is 5.95 Å². The van der Waals surface area contributed by atoms with Crippen LogP contribution in [-0.4, -0.2) is 37.6 Å². The Balaban J connectivity index is 1.28. The van der Waals surface area contributed by atoms with Gasteiger partial charge in [0.15, 0.2) is 0 Å². The summed E-state index contributed by atoms with van der Waals surface area (Å²) < 4.78 is 1.95. The summed E-state index contributed by atoms with van der Waals surface area (Å²) in [4.78, 5) is 28.4. The molecule has 0 bridgehead atoms. The second-order valence-electron chi connectivity index (χ2n) is 9.08. The molecule has 3 atom stereocenters. The molecule has 1 aliphatic carbocycles. The molecule has 0 radical (unpaired) electrons. The molecular weight excluding hydrogens is 426 g/mol. The van der Waals surface area contributed by atoms with Crippen molar-refractivity contribution in [3.05, 3.63) is 72.7 Å². The number of hydrogen-bond acceptors (Lipinski definition) is 5. The van der Waals surface area contributed by atoms with E-state index in [9.17, 15) is 4.79 Å². The lowest BCUT2D eigenvalue weighted by Gasteiger charge is -2.29. The number of nitrogens with one attached hydrogen (secondary N) is 2. The van der Waals surface area contributed by atoms with E-state index in [4.69, 9.17) is 4.98 Å². The maximum Gasteiger partial charge on any atom is 0.322 e. The molecule has 8 heteroatoms. The molecule has 0 spiro atoms. The van der Waals surface area contributed by atoms with Gasteiger partial charge in [-0.2, -0.15) is 4.98 Å². The number of imidazole rings is 1. The lowest BCUT2D eigenvalue weighted by atomic mass is 9.91. The molecule has 2 aliphatic rings. The van der Waals surface area contributed by atoms with E-state index in [1.165, 1.54) is 12.0 Å². The number of carbonyl (C=O) groups is 1. The van der Waals surface area contributed by atoms with E-state index in [0.717, 1.165) is 41.8 Å². The van der Waals surface area contributed by atoms with Crippen molar-refractivity contribution < 1.29 is 4.79 Å². The summed E-state index contributed by atoms with van der Waals surface area (Å²) in [5, 5.41) is 6.53. The van der Waals surface area contributed by atoms with Crippen LogP contribution in [-0.2, 0) is 0 Å². The zero-order valence-electron chi connectivity index (χ0n) is 19.1. The van der Waals surface area contributed by atoms with Crippen LogP contribution in [0.15, 0.2) is 67.1 Å². The van der Waals surface area contributed by atoms with E-state index >= 15 is 0 Å². The van der Waals surface area contributed by atoms with Crippen molar-refractivity contribution in [3.63, 3.8) is 0 Å². The van der Waals surface area contributed by atoms with Crippen LogP contribution in [0.2, 0.25) is 0 Å². The van der Waals surface area contributed by atoms with Crippen LogP contribution in [0.25, 0.3) is 16.9 Å². The number of anilines is 2. The van der Waals surface area contributed by atoms with Gasteiger partial charge in [0, 0.05) is 11.9 Å². The average Bonchev–Trinajstić information content (AvgIpc) is 3.44. The van der Waals surface area contributed by atoms with Gasteiger partial charge in [-0.05, 0) is 49.6 Å². The number of benzene rings is 2. The summed E-state index contributed by atoms with van der Waals surface area (Å²) in [6, 6.07) is 18.7. The zero-order valence-corrected chi connectivity index (χ0v) is 19.1. The van der Waals surface area contributed by atoms with Gasteiger partial charge >= 0.3 is 6.03 Å². The summed E-state index contributed by atoms with van der Waals surface area (Å²) >= 11 is 0. The fraction of sp³-hybridized carbons (Fsp3) is 0.308. The predicted octanol–water partition coefficient (Wildman–Crippen LogP) is 4.83. The molecule has 1 aliphatic heterocycles. The van der Waals surface area contributed by atoms with Crippen LogP contribution in [0.4, 0.5) is 16.4 Å². The molecule has 2 amide bonds. The van der Waals surface area contributed by atoms with Gasteiger partial charge in [-0.1, -0.05) is 43.2 Å². The fourth-order valence-corrected chi connectivity index (χ4v) is 5.18. The lowest BCUT2D eigenvalue weighted by molar-refractivity contribution is 0.250. The van der Waals surface area contributed by atoms with Crippen molar-refractivity contribution in [3.8, 4) is 5.82 Å². The molecule has 8 nitrogen and oxygen atoms in total. The van der Waals surface area contributed by atoms with E-state index in [2.05, 4.69) is 39.7 Å². The van der Waals surface area contributed by atoms with Crippen LogP contribution in [0, 0.1) is 0 Å². The summed E-state index contributed by atoms with van der Waals surface area (Å²) in [5.74, 6) is 1.30. The maximum atomic E-state index is 12.7. The first-order chi connectivity index (χ1) is 16.7. The summed E-state index contributed by atoms with van der Waals surface area (Å²) in [6.45, 7) is 2.09. The first kappa shape index (κ1) is 20.7. The van der Waals surface area contributed by atoms with Crippen molar-refractivity contribution >= 4 is 28.7 Å². The standard InChI is InChI=1S/C26H27N7O/c1-17(18-7-3-2-4-8-18)29-25-27-14-13-24(31-25)32-16-28-21-15-19(11-12-22(21)32)33-23-10-6-5-9-20(23)30-26(33)34/h2-4,7-8,11-17,20,23H,5-6,9-10H2,1H3,(H,30,34)(H,27,29,31)/t17-,20?,23?/m0/s1. The molecule has 1 saturated carbocycles. The largest absolute Gasteiger partial charge is 0.348 e. The Kier molecular flexibility index (Phi) is 5.13. The van der Waals surface area contributed by atoms with Gasteiger partial charge in [-0.15, -0.1) is 0 Å². The monoisotopic (exact) mass is 453 g/mol. The second kappa shape index (κ2) is 8.44. The first-order valence-electron chi connectivity index (χ1n) is 11.9. The highest BCUT2D eigenvalue weighted by Gasteiger charge is 2.41. The predicted molar refractivity (Wildman–Crippen MR) is 132 cm³/mol. The normalized spacial score (nSPS) is 20.7. The third-order valence-corrected chi connectivity index (χ3v) is 6.93. The summed E-state index contributed by atoms with van der Waals surface area (Å²) in [5.41, 5.74) is 3.83. The SMILES string of the molecule is C[C@H](Nc1nccc(-n2cnc3cc(N4C(=O)NC5CCCCC54)ccc32)n1)c1ccccc1. The number of nitrogens with zero attached hydrogens (tertiary/aromatic N) is 5. The van der Waals surface area contributed by atoms with Crippen LogP contribution >= 0.6 is 0 Å². The quantitative estimate of drug-likeness (QED) is 0.452. The highest BCUT2D eigenvalue weighted by molar-refractivity contribution is 5.97. The Morgan fingerprint density at radius 1 is 1.06 bits per heavy atom. The van der Waals surface area contributed by atoms with Crippen LogP contribution in [0.1, 0.15) is 44.2 Å². The number of carbonyl (C=O) groups excluding carboxylic acids is 1. The van der Waals surface area contributed by atoms with Crippen molar-refractivity contribution in [2.75, 3.05) is 10.2 Å². The van der Waals surface area contributed by atoms with Crippen LogP contribution in [0.3, 0.4) is 0 Å². The number of aromatic nitrogens is 4. The van der Waals surface area contributed by atoms with E-state index in [-0.39, 0.29) is 24.2 Å². The Bertz CT molecular complexity index is 1340. The van der Waals surface area contributed by atoms with Crippen LogP contribution in [0.5, 0.6) is 0 Å². The Morgan fingerprint density at radius 3 is 2.79 bits per heavy atom. The van der Waals surface area contributed by atoms with Crippen molar-refractivity contribution in [1.29, 1.82) is 0 Å². The fourth-order valence-electron chi connectivity index (χ4n) is 5.18. The minimum atomic E-state index is -0.00487. The van der Waals surface area contributed by atoms with Gasteiger partial charge in [0.05, 0.1) is 29.2 Å². The second-order valence-corrected chi connectivity index (χ2v) is 9.08. The zero-order chi connectivity index (χ0) is 23.1. The molecule has 2 aromatic heterocycles. The van der Waals surface area contributed by atoms with Gasteiger partial charge in [0.1, 0.15) is 12.1 Å². The molecule has 3 heterocycles. The molecular formula is C26H27N7O. The first-order valence-corrected chi connectivity index (χ1v) is 11.9. The molecule has 34 heavy (non-hydrogen) atoms. The number of fused-ring (bicyclic) bond motifs is 2. The highest BCUT2D eigenvalue weighted by atomic mass is 16.2. The van der Waals surface area contributed by atoms with Gasteiger partial charge in [0.2, 0.25) is 5.95 Å². The Labute approximate surface area is 198 Å². The molecule has 2 N–H and O–H groups in total. The third kappa shape index (κ3) is 3.65. The minimum Gasteiger partial charge on any atom is -0.348 e. The number of amides is 2. The average molecular weight is 454 g/mol. The van der Waals surface area contributed by atoms with Crippen molar-refractivity contribution in [2.24, 2.45) is 0 Å². The number of rotatable bonds is 5. The van der Waals surface area contributed by atoms with Gasteiger partial charge in [-0.3, -0.25) is 9.47 Å². The van der Waals surface area contributed by atoms with Crippen LogP contribution < -0.4 is 15.5 Å². The molecule has 4 aromatic rings. The number of urea groups is 1. The molecule has 6 rings (SSSR count). The molecule has 2 aromatic carbocycles. The van der Waals surface area contributed by atoms with Gasteiger partial charge < -0.3 is 10.6 Å². The molecule has 172 valence electrons. The lowest BCUT2D eigenvalue weighted by Crippen LogP contribution is -2.39. The van der Waals surface area contributed by atoms with Crippen molar-refractivity contribution in [1.82, 2.24) is 24.8 Å². The van der Waals surface area contributed by atoms with E-state index in [1.807, 2.05) is 51.9 Å². The van der Waals surface area contributed by atoms with Gasteiger partial charge in [-0.25, -0.2) is 14.8 Å². The summed E-state index contributed by atoms with van der Waals surface area (Å²) in [6.07, 6.45) is 7.95. The van der Waals surface area contributed by atoms with Gasteiger partial charge in [0.25, 0.3) is 0 Å². The molecule has 2 fully saturated rings. The summed E-state index contributed by atoms with van der Waals surface area (Å²) in [7, 11) is 0. The topological polar surface area (TPSA) is 88.0 Å². The molecule has 2 unspecified atom stereocenters. The highest BCUT2D eigenvalue weighted by Crippen LogP contribution is 2.33.